The summed E-state index contributed by atoms with van der Waals surface area (Å²) in [6, 6.07) is -1.43. The van der Waals surface area contributed by atoms with E-state index in [4.69, 9.17) is 33.2 Å². The lowest BCUT2D eigenvalue weighted by molar-refractivity contribution is -0.388. The Labute approximate surface area is 277 Å². The Kier molecular flexibility index (Phi) is 13.4. The molecule has 20 heteroatoms. The zero-order valence-electron chi connectivity index (χ0n) is 25.1. The SMILES string of the molecule is CC(=O)N[C@H]1C(O)O[C@H](CI)[C@@H](O[C@@H]2O[C@@H](C)[C@@H](O)[C@@H](O)[C@@H]2O)[C@@H]1O[C@@H]1O[C@H](CO)[C@H](O)[C@H](O)[C@H]1O[C@@H]1O[C@@H](C)[C@@H](O)[C@@H](O)[C@@H]1O. The number of alkyl halides is 1. The van der Waals surface area contributed by atoms with Crippen molar-refractivity contribution >= 4 is 28.5 Å². The molecule has 1 unspecified atom stereocenters. The highest BCUT2D eigenvalue weighted by Gasteiger charge is 2.55. The second kappa shape index (κ2) is 16.0. The molecule has 4 heterocycles. The van der Waals surface area contributed by atoms with Gasteiger partial charge in [0.2, 0.25) is 5.91 Å². The van der Waals surface area contributed by atoms with E-state index in [1.165, 1.54) is 13.8 Å². The van der Waals surface area contributed by atoms with E-state index >= 15 is 0 Å². The highest BCUT2D eigenvalue weighted by atomic mass is 127. The van der Waals surface area contributed by atoms with Gasteiger partial charge in [0.25, 0.3) is 0 Å². The molecule has 4 saturated heterocycles. The fraction of sp³-hybridized carbons (Fsp3) is 0.962. The molecule has 0 bridgehead atoms. The van der Waals surface area contributed by atoms with Gasteiger partial charge in [0.1, 0.15) is 79.3 Å². The summed E-state index contributed by atoms with van der Waals surface area (Å²) in [4.78, 5) is 12.2. The summed E-state index contributed by atoms with van der Waals surface area (Å²) < 4.78 is 40.7. The van der Waals surface area contributed by atoms with Gasteiger partial charge in [0, 0.05) is 11.4 Å². The van der Waals surface area contributed by atoms with Crippen LogP contribution in [0.5, 0.6) is 0 Å². The largest absolute Gasteiger partial charge is 0.394 e. The zero-order chi connectivity index (χ0) is 34.2. The molecule has 268 valence electrons. The third-order valence-electron chi connectivity index (χ3n) is 8.50. The molecule has 4 rings (SSSR count). The molecule has 4 fully saturated rings. The molecular weight excluding hydrogens is 741 g/mol. The molecular formula is C26H44INO18. The van der Waals surface area contributed by atoms with Crippen molar-refractivity contribution in [1.82, 2.24) is 5.32 Å². The van der Waals surface area contributed by atoms with Crippen LogP contribution in [0.3, 0.4) is 0 Å². The van der Waals surface area contributed by atoms with Crippen molar-refractivity contribution in [3.05, 3.63) is 0 Å². The molecule has 4 aliphatic rings. The van der Waals surface area contributed by atoms with Gasteiger partial charge < -0.3 is 89.5 Å². The molecule has 19 nitrogen and oxygen atoms in total. The quantitative estimate of drug-likeness (QED) is 0.0766. The third-order valence-corrected chi connectivity index (χ3v) is 9.37. The maximum Gasteiger partial charge on any atom is 0.217 e. The fourth-order valence-electron chi connectivity index (χ4n) is 5.79. The van der Waals surface area contributed by atoms with Crippen LogP contribution in [0.1, 0.15) is 20.8 Å². The van der Waals surface area contributed by atoms with Crippen LogP contribution < -0.4 is 5.32 Å². The monoisotopic (exact) mass is 785 g/mol. The van der Waals surface area contributed by atoms with Crippen molar-refractivity contribution < 1.29 is 89.0 Å². The number of amides is 1. The summed E-state index contributed by atoms with van der Waals surface area (Å²) in [6.07, 6.45) is -29.4. The molecule has 0 aliphatic carbocycles. The normalized spacial score (nSPS) is 51.9. The molecule has 4 aliphatic heterocycles. The number of hydrogen-bond donors (Lipinski definition) is 11. The smallest absolute Gasteiger partial charge is 0.217 e. The lowest BCUT2D eigenvalue weighted by atomic mass is 9.94. The Bertz CT molecular complexity index is 1000. The Morgan fingerprint density at radius 1 is 0.630 bits per heavy atom. The predicted octanol–water partition coefficient (Wildman–Crippen LogP) is -6.11. The van der Waals surface area contributed by atoms with E-state index in [0.29, 0.717) is 0 Å². The first-order valence-electron chi connectivity index (χ1n) is 14.8. The van der Waals surface area contributed by atoms with Crippen LogP contribution >= 0.6 is 22.6 Å². The molecule has 20 atom stereocenters. The molecule has 46 heavy (non-hydrogen) atoms. The van der Waals surface area contributed by atoms with E-state index in [-0.39, 0.29) is 4.43 Å². The van der Waals surface area contributed by atoms with Gasteiger partial charge in [-0.2, -0.15) is 0 Å². The van der Waals surface area contributed by atoms with E-state index in [1.807, 2.05) is 22.6 Å². The number of nitrogens with one attached hydrogen (secondary N) is 1. The average Bonchev–Trinajstić information content (AvgIpc) is 3.01. The van der Waals surface area contributed by atoms with Gasteiger partial charge in [0.15, 0.2) is 25.2 Å². The molecule has 0 radical (unpaired) electrons. The van der Waals surface area contributed by atoms with E-state index in [1.54, 1.807) is 0 Å². The van der Waals surface area contributed by atoms with Crippen LogP contribution in [0.4, 0.5) is 0 Å². The van der Waals surface area contributed by atoms with Crippen LogP contribution in [0.25, 0.3) is 0 Å². The summed E-state index contributed by atoms with van der Waals surface area (Å²) in [5.74, 6) is -0.643. The Balaban J connectivity index is 1.69. The highest BCUT2D eigenvalue weighted by Crippen LogP contribution is 2.35. The first kappa shape index (κ1) is 38.3. The van der Waals surface area contributed by atoms with Gasteiger partial charge in [-0.25, -0.2) is 0 Å². The highest BCUT2D eigenvalue weighted by molar-refractivity contribution is 14.1. The van der Waals surface area contributed by atoms with Crippen LogP contribution in [0.2, 0.25) is 0 Å². The van der Waals surface area contributed by atoms with Crippen molar-refractivity contribution in [1.29, 1.82) is 0 Å². The molecule has 0 aromatic rings. The lowest BCUT2D eigenvalue weighted by Crippen LogP contribution is -2.70. The van der Waals surface area contributed by atoms with Crippen molar-refractivity contribution in [2.75, 3.05) is 11.0 Å². The number of ether oxygens (including phenoxy) is 7. The topological polar surface area (TPSA) is 296 Å². The number of halogens is 1. The van der Waals surface area contributed by atoms with Crippen LogP contribution in [-0.2, 0) is 38.0 Å². The van der Waals surface area contributed by atoms with Crippen molar-refractivity contribution in [2.24, 2.45) is 0 Å². The number of carbonyl (C=O) groups is 1. The maximum atomic E-state index is 12.2. The van der Waals surface area contributed by atoms with Gasteiger partial charge in [-0.3, -0.25) is 4.79 Å². The first-order valence-corrected chi connectivity index (χ1v) is 16.3. The van der Waals surface area contributed by atoms with Crippen molar-refractivity contribution in [3.63, 3.8) is 0 Å². The maximum absolute atomic E-state index is 12.2. The van der Waals surface area contributed by atoms with E-state index in [9.17, 15) is 55.9 Å². The summed E-state index contributed by atoms with van der Waals surface area (Å²) in [7, 11) is 0. The second-order valence-corrected chi connectivity index (χ2v) is 12.7. The van der Waals surface area contributed by atoms with E-state index in [2.05, 4.69) is 5.32 Å². The van der Waals surface area contributed by atoms with Gasteiger partial charge >= 0.3 is 0 Å². The molecule has 0 aromatic carbocycles. The van der Waals surface area contributed by atoms with Crippen molar-refractivity contribution in [3.8, 4) is 0 Å². The molecule has 0 saturated carbocycles. The van der Waals surface area contributed by atoms with Gasteiger partial charge in [0.05, 0.1) is 24.9 Å². The zero-order valence-corrected chi connectivity index (χ0v) is 27.2. The van der Waals surface area contributed by atoms with Crippen LogP contribution in [0, 0.1) is 0 Å². The average molecular weight is 786 g/mol. The number of hydrogen-bond acceptors (Lipinski definition) is 18. The molecule has 1 amide bonds. The predicted molar refractivity (Wildman–Crippen MR) is 154 cm³/mol. The molecule has 0 aromatic heterocycles. The first-order chi connectivity index (χ1) is 21.6. The minimum atomic E-state index is -1.88. The summed E-state index contributed by atoms with van der Waals surface area (Å²) >= 11 is 1.92. The van der Waals surface area contributed by atoms with Gasteiger partial charge in [-0.15, -0.1) is 0 Å². The summed E-state index contributed by atoms with van der Waals surface area (Å²) in [5.41, 5.74) is 0. The summed E-state index contributed by atoms with van der Waals surface area (Å²) in [5, 5.41) is 107. The van der Waals surface area contributed by atoms with Gasteiger partial charge in [-0.1, -0.05) is 22.6 Å². The number of aliphatic hydroxyl groups excluding tert-OH is 10. The minimum absolute atomic E-state index is 0.127. The Morgan fingerprint density at radius 2 is 1.13 bits per heavy atom. The Morgan fingerprint density at radius 3 is 1.61 bits per heavy atom. The van der Waals surface area contributed by atoms with E-state index in [0.717, 1.165) is 6.92 Å². The van der Waals surface area contributed by atoms with E-state index < -0.39 is 135 Å². The van der Waals surface area contributed by atoms with Crippen molar-refractivity contribution in [2.45, 2.75) is 144 Å². The van der Waals surface area contributed by atoms with Crippen LogP contribution in [-0.4, -0.2) is 191 Å². The number of rotatable bonds is 9. The standard InChI is InChI=1S/C26H44INO18/c1-6-12(31)15(34)18(37)24(40-6)44-20-9(4-27)42-23(39)11(28-8(3)30)21(20)45-26-22(17(36)14(33)10(5-29)43-26)46-25-19(38)16(35)13(32)7(2)41-25/h6-7,9-26,29,31-39H,4-5H2,1-3H3,(H,28,30)/t6-,7-,9+,10+,11+,12+,13+,14-,15+,16+,17-,18-,19-,20+,21+,22+,23?,24-,25-,26-/m0/s1. The third kappa shape index (κ3) is 7.94. The minimum Gasteiger partial charge on any atom is -0.394 e. The lowest BCUT2D eigenvalue weighted by Gasteiger charge is -2.50. The molecule has 0 spiro atoms. The Hall–Kier alpha value is -0.480. The van der Waals surface area contributed by atoms with Crippen LogP contribution in [0.15, 0.2) is 0 Å². The second-order valence-electron chi connectivity index (χ2n) is 11.8. The number of aliphatic hydroxyl groups is 10. The fourth-order valence-corrected chi connectivity index (χ4v) is 6.49. The number of carbonyl (C=O) groups excluding carboxylic acids is 1. The van der Waals surface area contributed by atoms with Gasteiger partial charge in [-0.05, 0) is 13.8 Å². The summed E-state index contributed by atoms with van der Waals surface area (Å²) in [6.45, 7) is 3.16. The molecule has 11 N–H and O–H groups in total.